The topological polar surface area (TPSA) is 57.5 Å². The van der Waals surface area contributed by atoms with E-state index in [1.165, 1.54) is 0 Å². The second-order valence-electron chi connectivity index (χ2n) is 6.85. The molecule has 3 aliphatic rings. The lowest BCUT2D eigenvalue weighted by atomic mass is 9.60. The van der Waals surface area contributed by atoms with E-state index < -0.39 is 5.97 Å². The highest BCUT2D eigenvalue weighted by Gasteiger charge is 2.70. The van der Waals surface area contributed by atoms with Crippen molar-refractivity contribution in [3.05, 3.63) is 11.6 Å². The van der Waals surface area contributed by atoms with Crippen LogP contribution in [0.3, 0.4) is 0 Å². The maximum absolute atomic E-state index is 11.4. The Morgan fingerprint density at radius 3 is 2.72 bits per heavy atom. The molecule has 1 unspecified atom stereocenters. The fraction of sp³-hybridized carbons (Fsp3) is 0.800. The molecule has 3 nitrogen and oxygen atoms in total. The maximum atomic E-state index is 11.4. The van der Waals surface area contributed by atoms with Gasteiger partial charge in [-0.05, 0) is 42.4 Å². The Labute approximate surface area is 108 Å². The third-order valence-corrected chi connectivity index (χ3v) is 6.31. The van der Waals surface area contributed by atoms with Crippen molar-refractivity contribution in [3.63, 3.8) is 0 Å². The van der Waals surface area contributed by atoms with Crippen molar-refractivity contribution in [1.29, 1.82) is 0 Å². The van der Waals surface area contributed by atoms with Crippen molar-refractivity contribution in [3.8, 4) is 0 Å². The third kappa shape index (κ3) is 1.08. The number of aliphatic hydroxyl groups is 1. The van der Waals surface area contributed by atoms with E-state index in [1.807, 2.05) is 13.0 Å². The third-order valence-electron chi connectivity index (χ3n) is 6.31. The number of rotatable bonds is 1. The summed E-state index contributed by atoms with van der Waals surface area (Å²) in [6.07, 6.45) is 4.57. The molecule has 0 aliphatic heterocycles. The summed E-state index contributed by atoms with van der Waals surface area (Å²) in [4.78, 5) is 11.4. The Morgan fingerprint density at radius 1 is 1.44 bits per heavy atom. The van der Waals surface area contributed by atoms with Crippen LogP contribution in [0.25, 0.3) is 0 Å². The Bertz CT molecular complexity index is 441. The van der Waals surface area contributed by atoms with E-state index in [4.69, 9.17) is 0 Å². The van der Waals surface area contributed by atoms with Gasteiger partial charge in [-0.1, -0.05) is 26.8 Å². The van der Waals surface area contributed by atoms with Crippen LogP contribution in [-0.2, 0) is 4.79 Å². The average molecular weight is 250 g/mol. The Kier molecular flexibility index (Phi) is 2.30. The zero-order valence-corrected chi connectivity index (χ0v) is 11.3. The van der Waals surface area contributed by atoms with Crippen molar-refractivity contribution in [2.75, 3.05) is 0 Å². The van der Waals surface area contributed by atoms with Crippen molar-refractivity contribution in [1.82, 2.24) is 0 Å². The molecule has 3 heteroatoms. The SMILES string of the molecule is C[C@@H]1C(C(=O)O)=C[C@@]2(C)CC[C@@H]3[C@@H](C)C[C@H](O)C132. The molecule has 0 aromatic heterocycles. The normalized spacial score (nSPS) is 54.1. The van der Waals surface area contributed by atoms with Crippen LogP contribution < -0.4 is 0 Å². The number of carboxylic acids is 1. The molecule has 2 saturated carbocycles. The molecule has 2 fully saturated rings. The molecule has 3 rings (SSSR count). The van der Waals surface area contributed by atoms with Crippen LogP contribution in [0, 0.1) is 28.6 Å². The average Bonchev–Trinajstić information content (AvgIpc) is 2.79. The number of carboxylic acid groups (broad SMARTS) is 1. The summed E-state index contributed by atoms with van der Waals surface area (Å²) in [5, 5.41) is 20.0. The van der Waals surface area contributed by atoms with Crippen molar-refractivity contribution in [2.45, 2.75) is 46.1 Å². The number of hydrogen-bond acceptors (Lipinski definition) is 2. The minimum absolute atomic E-state index is 0.0348. The van der Waals surface area contributed by atoms with Gasteiger partial charge in [-0.3, -0.25) is 0 Å². The summed E-state index contributed by atoms with van der Waals surface area (Å²) in [5.41, 5.74) is 0.171. The largest absolute Gasteiger partial charge is 0.478 e. The van der Waals surface area contributed by atoms with Gasteiger partial charge < -0.3 is 10.2 Å². The molecule has 1 spiro atoms. The number of aliphatic carboxylic acids is 1. The summed E-state index contributed by atoms with van der Waals surface area (Å²) < 4.78 is 0. The zero-order chi connectivity index (χ0) is 13.3. The van der Waals surface area contributed by atoms with Crippen LogP contribution in [0.1, 0.15) is 40.0 Å². The van der Waals surface area contributed by atoms with Gasteiger partial charge in [-0.15, -0.1) is 0 Å². The van der Waals surface area contributed by atoms with Gasteiger partial charge in [0.2, 0.25) is 0 Å². The molecule has 3 aliphatic carbocycles. The molecule has 0 aromatic rings. The summed E-state index contributed by atoms with van der Waals surface area (Å²) in [6, 6.07) is 0. The molecular formula is C15H22O3. The minimum Gasteiger partial charge on any atom is -0.478 e. The second kappa shape index (κ2) is 3.38. The van der Waals surface area contributed by atoms with E-state index in [0.717, 1.165) is 19.3 Å². The molecule has 0 radical (unpaired) electrons. The number of allylic oxidation sites excluding steroid dienone is 1. The Balaban J connectivity index is 2.15. The van der Waals surface area contributed by atoms with E-state index in [2.05, 4.69) is 13.8 Å². The summed E-state index contributed by atoms with van der Waals surface area (Å²) in [5.74, 6) is 0.136. The lowest BCUT2D eigenvalue weighted by Crippen LogP contribution is -2.46. The van der Waals surface area contributed by atoms with Gasteiger partial charge in [0.15, 0.2) is 0 Å². The monoisotopic (exact) mass is 250 g/mol. The van der Waals surface area contributed by atoms with Gasteiger partial charge in [-0.25, -0.2) is 4.79 Å². The van der Waals surface area contributed by atoms with Crippen LogP contribution in [0.15, 0.2) is 11.6 Å². The Morgan fingerprint density at radius 2 is 2.11 bits per heavy atom. The first kappa shape index (κ1) is 12.2. The first-order valence-corrected chi connectivity index (χ1v) is 6.98. The number of carbonyl (C=O) groups is 1. The molecule has 0 bridgehead atoms. The molecular weight excluding hydrogens is 228 g/mol. The van der Waals surface area contributed by atoms with E-state index in [-0.39, 0.29) is 22.9 Å². The van der Waals surface area contributed by atoms with Gasteiger partial charge in [-0.2, -0.15) is 0 Å². The summed E-state index contributed by atoms with van der Waals surface area (Å²) in [6.45, 7) is 6.37. The van der Waals surface area contributed by atoms with Crippen LogP contribution in [0.4, 0.5) is 0 Å². The van der Waals surface area contributed by atoms with Gasteiger partial charge in [0, 0.05) is 11.0 Å². The van der Waals surface area contributed by atoms with Gasteiger partial charge in [0.25, 0.3) is 0 Å². The highest BCUT2D eigenvalue weighted by atomic mass is 16.4. The fourth-order valence-corrected chi connectivity index (χ4v) is 5.70. The standard InChI is InChI=1S/C15H22O3/c1-8-6-12(16)15-9(2)10(13(17)18)7-14(15,3)5-4-11(8)15/h7-9,11-12,16H,4-6H2,1-3H3,(H,17,18)/t8-,9+,11+,12-,14+,15?/m0/s1. The molecule has 0 amide bonds. The van der Waals surface area contributed by atoms with E-state index in [9.17, 15) is 15.0 Å². The van der Waals surface area contributed by atoms with Crippen LogP contribution >= 0.6 is 0 Å². The summed E-state index contributed by atoms with van der Waals surface area (Å²) in [7, 11) is 0. The molecule has 18 heavy (non-hydrogen) atoms. The first-order valence-electron chi connectivity index (χ1n) is 6.98. The van der Waals surface area contributed by atoms with Crippen LogP contribution in [-0.4, -0.2) is 22.3 Å². The molecule has 0 saturated heterocycles. The predicted molar refractivity (Wildman–Crippen MR) is 67.9 cm³/mol. The van der Waals surface area contributed by atoms with E-state index in [1.54, 1.807) is 0 Å². The fourth-order valence-electron chi connectivity index (χ4n) is 5.70. The molecule has 100 valence electrons. The van der Waals surface area contributed by atoms with Gasteiger partial charge >= 0.3 is 5.97 Å². The smallest absolute Gasteiger partial charge is 0.331 e. The summed E-state index contributed by atoms with van der Waals surface area (Å²) >= 11 is 0. The quantitative estimate of drug-likeness (QED) is 0.751. The van der Waals surface area contributed by atoms with E-state index >= 15 is 0 Å². The number of aliphatic hydroxyl groups excluding tert-OH is 1. The van der Waals surface area contributed by atoms with Crippen molar-refractivity contribution in [2.24, 2.45) is 28.6 Å². The minimum atomic E-state index is -0.807. The molecule has 2 N–H and O–H groups in total. The molecule has 0 heterocycles. The van der Waals surface area contributed by atoms with Gasteiger partial charge in [0.05, 0.1) is 6.10 Å². The Hall–Kier alpha value is -0.830. The van der Waals surface area contributed by atoms with E-state index in [0.29, 0.717) is 17.4 Å². The number of hydrogen-bond donors (Lipinski definition) is 2. The first-order chi connectivity index (χ1) is 8.34. The second-order valence-corrected chi connectivity index (χ2v) is 6.85. The predicted octanol–water partition coefficient (Wildman–Crippen LogP) is 2.45. The lowest BCUT2D eigenvalue weighted by molar-refractivity contribution is -0.134. The highest BCUT2D eigenvalue weighted by molar-refractivity contribution is 5.88. The highest BCUT2D eigenvalue weighted by Crippen LogP contribution is 2.73. The zero-order valence-electron chi connectivity index (χ0n) is 11.3. The van der Waals surface area contributed by atoms with Crippen LogP contribution in [0.2, 0.25) is 0 Å². The maximum Gasteiger partial charge on any atom is 0.331 e. The molecule has 0 aromatic carbocycles. The van der Waals surface area contributed by atoms with Crippen molar-refractivity contribution >= 4 is 5.97 Å². The van der Waals surface area contributed by atoms with Gasteiger partial charge in [0.1, 0.15) is 0 Å². The van der Waals surface area contributed by atoms with Crippen LogP contribution in [0.5, 0.6) is 0 Å². The van der Waals surface area contributed by atoms with Crippen molar-refractivity contribution < 1.29 is 15.0 Å². The lowest BCUT2D eigenvalue weighted by Gasteiger charge is -2.44. The molecule has 6 atom stereocenters.